The van der Waals surface area contributed by atoms with E-state index in [0.717, 1.165) is 6.54 Å². The molecule has 0 aromatic heterocycles. The van der Waals surface area contributed by atoms with Crippen molar-refractivity contribution in [1.82, 2.24) is 4.90 Å². The zero-order valence-corrected chi connectivity index (χ0v) is 11.2. The molecule has 0 radical (unpaired) electrons. The third kappa shape index (κ3) is 3.69. The average Bonchev–Trinajstić information content (AvgIpc) is 2.82. The van der Waals surface area contributed by atoms with Crippen molar-refractivity contribution in [2.24, 2.45) is 0 Å². The number of para-hydroxylation sites is 1. The minimum atomic E-state index is -0.521. The fourth-order valence-corrected chi connectivity index (χ4v) is 2.46. The van der Waals surface area contributed by atoms with Gasteiger partial charge >= 0.3 is 0 Å². The van der Waals surface area contributed by atoms with Crippen molar-refractivity contribution < 1.29 is 9.84 Å². The molecule has 0 saturated carbocycles. The van der Waals surface area contributed by atoms with Crippen molar-refractivity contribution in [3.05, 3.63) is 29.8 Å². The lowest BCUT2D eigenvalue weighted by Gasteiger charge is -2.24. The Morgan fingerprint density at radius 1 is 1.53 bits per heavy atom. The number of benzene rings is 1. The van der Waals surface area contributed by atoms with Crippen molar-refractivity contribution in [2.75, 3.05) is 19.7 Å². The number of nitrogens with zero attached hydrogens (tertiary/aromatic N) is 2. The van der Waals surface area contributed by atoms with Crippen LogP contribution < -0.4 is 4.74 Å². The SMILES string of the molecule is CC1CCCN1CC(O)COc1ccccc1C#N. The number of rotatable bonds is 5. The molecule has 2 unspecified atom stereocenters. The number of nitriles is 1. The molecule has 0 amide bonds. The Hall–Kier alpha value is -1.57. The van der Waals surface area contributed by atoms with Crippen molar-refractivity contribution >= 4 is 0 Å². The summed E-state index contributed by atoms with van der Waals surface area (Å²) in [5.41, 5.74) is 0.504. The summed E-state index contributed by atoms with van der Waals surface area (Å²) in [7, 11) is 0. The first-order valence-corrected chi connectivity index (χ1v) is 6.74. The Morgan fingerprint density at radius 2 is 2.32 bits per heavy atom. The summed E-state index contributed by atoms with van der Waals surface area (Å²) in [6, 6.07) is 9.72. The van der Waals surface area contributed by atoms with E-state index < -0.39 is 6.10 Å². The third-order valence-electron chi connectivity index (χ3n) is 3.57. The van der Waals surface area contributed by atoms with E-state index in [0.29, 0.717) is 23.9 Å². The Balaban J connectivity index is 1.83. The minimum absolute atomic E-state index is 0.224. The number of hydrogen-bond acceptors (Lipinski definition) is 4. The molecule has 1 fully saturated rings. The predicted molar refractivity (Wildman–Crippen MR) is 72.9 cm³/mol. The van der Waals surface area contributed by atoms with Gasteiger partial charge in [-0.2, -0.15) is 5.26 Å². The van der Waals surface area contributed by atoms with Gasteiger partial charge in [0.05, 0.1) is 5.56 Å². The molecular weight excluding hydrogens is 240 g/mol. The number of hydrogen-bond donors (Lipinski definition) is 1. The summed E-state index contributed by atoms with van der Waals surface area (Å²) in [4.78, 5) is 2.28. The smallest absolute Gasteiger partial charge is 0.137 e. The molecule has 4 nitrogen and oxygen atoms in total. The van der Waals surface area contributed by atoms with Crippen molar-refractivity contribution in [3.63, 3.8) is 0 Å². The average molecular weight is 260 g/mol. The van der Waals surface area contributed by atoms with Gasteiger partial charge in [-0.3, -0.25) is 4.90 Å². The van der Waals surface area contributed by atoms with Gasteiger partial charge < -0.3 is 9.84 Å². The predicted octanol–water partition coefficient (Wildman–Crippen LogP) is 1.78. The van der Waals surface area contributed by atoms with Crippen LogP contribution in [0.1, 0.15) is 25.3 Å². The molecule has 1 heterocycles. The first kappa shape index (κ1) is 13.9. The molecule has 1 N–H and O–H groups in total. The van der Waals surface area contributed by atoms with Crippen LogP contribution in [0, 0.1) is 11.3 Å². The van der Waals surface area contributed by atoms with Gasteiger partial charge in [0.1, 0.15) is 24.5 Å². The zero-order chi connectivity index (χ0) is 13.7. The van der Waals surface area contributed by atoms with Crippen LogP contribution in [-0.2, 0) is 0 Å². The zero-order valence-electron chi connectivity index (χ0n) is 11.2. The molecule has 1 aromatic carbocycles. The standard InChI is InChI=1S/C15H20N2O2/c1-12-5-4-8-17(12)10-14(18)11-19-15-7-3-2-6-13(15)9-16/h2-3,6-7,12,14,18H,4-5,8,10-11H2,1H3. The third-order valence-corrected chi connectivity index (χ3v) is 3.57. The fourth-order valence-electron chi connectivity index (χ4n) is 2.46. The van der Waals surface area contributed by atoms with Crippen LogP contribution in [0.5, 0.6) is 5.75 Å². The van der Waals surface area contributed by atoms with E-state index in [-0.39, 0.29) is 6.61 Å². The minimum Gasteiger partial charge on any atom is -0.489 e. The van der Waals surface area contributed by atoms with E-state index in [1.165, 1.54) is 12.8 Å². The van der Waals surface area contributed by atoms with Crippen LogP contribution in [0.15, 0.2) is 24.3 Å². The molecule has 2 atom stereocenters. The molecular formula is C15H20N2O2. The maximum absolute atomic E-state index is 10.0. The quantitative estimate of drug-likeness (QED) is 0.877. The van der Waals surface area contributed by atoms with E-state index in [1.54, 1.807) is 18.2 Å². The van der Waals surface area contributed by atoms with Gasteiger partial charge in [0.2, 0.25) is 0 Å². The first-order chi connectivity index (χ1) is 9.20. The second-order valence-electron chi connectivity index (χ2n) is 5.06. The molecule has 0 aliphatic carbocycles. The number of ether oxygens (including phenoxy) is 1. The van der Waals surface area contributed by atoms with Gasteiger partial charge in [0, 0.05) is 12.6 Å². The summed E-state index contributed by atoms with van der Waals surface area (Å²) >= 11 is 0. The van der Waals surface area contributed by atoms with Crippen LogP contribution in [0.25, 0.3) is 0 Å². The summed E-state index contributed by atoms with van der Waals surface area (Å²) in [5, 5.41) is 19.0. The Labute approximate surface area is 114 Å². The van der Waals surface area contributed by atoms with Gasteiger partial charge in [-0.25, -0.2) is 0 Å². The van der Waals surface area contributed by atoms with Crippen molar-refractivity contribution in [3.8, 4) is 11.8 Å². The van der Waals surface area contributed by atoms with E-state index in [2.05, 4.69) is 17.9 Å². The van der Waals surface area contributed by atoms with Crippen LogP contribution in [-0.4, -0.2) is 41.8 Å². The largest absolute Gasteiger partial charge is 0.489 e. The van der Waals surface area contributed by atoms with Gasteiger partial charge in [-0.05, 0) is 38.4 Å². The van der Waals surface area contributed by atoms with Gasteiger partial charge in [-0.15, -0.1) is 0 Å². The van der Waals surface area contributed by atoms with E-state index in [9.17, 15) is 5.11 Å². The molecule has 4 heteroatoms. The van der Waals surface area contributed by atoms with Crippen LogP contribution in [0.4, 0.5) is 0 Å². The van der Waals surface area contributed by atoms with E-state index >= 15 is 0 Å². The molecule has 1 aromatic rings. The van der Waals surface area contributed by atoms with Crippen molar-refractivity contribution in [2.45, 2.75) is 31.9 Å². The molecule has 0 bridgehead atoms. The number of aliphatic hydroxyl groups excluding tert-OH is 1. The summed E-state index contributed by atoms with van der Waals surface area (Å²) in [6.07, 6.45) is 1.88. The first-order valence-electron chi connectivity index (χ1n) is 6.74. The number of likely N-dealkylation sites (tertiary alicyclic amines) is 1. The van der Waals surface area contributed by atoms with Crippen LogP contribution in [0.3, 0.4) is 0 Å². The van der Waals surface area contributed by atoms with Crippen LogP contribution >= 0.6 is 0 Å². The highest BCUT2D eigenvalue weighted by atomic mass is 16.5. The normalized spacial score (nSPS) is 21.0. The highest BCUT2D eigenvalue weighted by Crippen LogP contribution is 2.18. The molecule has 1 aliphatic heterocycles. The number of β-amino-alcohol motifs (C(OH)–C–C–N with tert-alkyl or cyclic N) is 1. The van der Waals surface area contributed by atoms with Gasteiger partial charge in [-0.1, -0.05) is 12.1 Å². The Bertz CT molecular complexity index is 456. The highest BCUT2D eigenvalue weighted by molar-refractivity contribution is 5.42. The summed E-state index contributed by atoms with van der Waals surface area (Å²) < 4.78 is 5.54. The molecule has 1 aliphatic rings. The summed E-state index contributed by atoms with van der Waals surface area (Å²) in [5.74, 6) is 0.540. The molecule has 1 saturated heterocycles. The van der Waals surface area contributed by atoms with E-state index in [4.69, 9.17) is 10.00 Å². The Kier molecular flexibility index (Phi) is 4.78. The highest BCUT2D eigenvalue weighted by Gasteiger charge is 2.22. The topological polar surface area (TPSA) is 56.5 Å². The molecule has 102 valence electrons. The maximum atomic E-state index is 10.0. The lowest BCUT2D eigenvalue weighted by atomic mass is 10.2. The second kappa shape index (κ2) is 6.55. The second-order valence-corrected chi connectivity index (χ2v) is 5.06. The van der Waals surface area contributed by atoms with E-state index in [1.807, 2.05) is 6.07 Å². The number of aliphatic hydroxyl groups is 1. The summed E-state index contributed by atoms with van der Waals surface area (Å²) in [6.45, 7) is 4.09. The fraction of sp³-hybridized carbons (Fsp3) is 0.533. The monoisotopic (exact) mass is 260 g/mol. The van der Waals surface area contributed by atoms with Gasteiger partial charge in [0.25, 0.3) is 0 Å². The molecule has 2 rings (SSSR count). The molecule has 19 heavy (non-hydrogen) atoms. The molecule has 0 spiro atoms. The van der Waals surface area contributed by atoms with Crippen LogP contribution in [0.2, 0.25) is 0 Å². The Morgan fingerprint density at radius 3 is 3.00 bits per heavy atom. The lowest BCUT2D eigenvalue weighted by molar-refractivity contribution is 0.0661. The van der Waals surface area contributed by atoms with Crippen molar-refractivity contribution in [1.29, 1.82) is 5.26 Å². The van der Waals surface area contributed by atoms with Gasteiger partial charge in [0.15, 0.2) is 0 Å². The maximum Gasteiger partial charge on any atom is 0.137 e. The lowest BCUT2D eigenvalue weighted by Crippen LogP contribution is -2.37.